The number of aromatic nitrogens is 1. The number of nitrogens with two attached hydrogens (primary N) is 2. The van der Waals surface area contributed by atoms with E-state index in [-0.39, 0.29) is 11.9 Å². The Kier molecular flexibility index (Phi) is 4.03. The number of nitrogens with one attached hydrogen (secondary N) is 1. The maximum Gasteiger partial charge on any atom is 0.235 e. The van der Waals surface area contributed by atoms with E-state index in [0.717, 1.165) is 42.9 Å². The highest BCUT2D eigenvalue weighted by Crippen LogP contribution is 2.30. The smallest absolute Gasteiger partial charge is 0.235 e. The molecular formula is C14H19N5OS. The molecule has 2 aliphatic rings. The lowest BCUT2D eigenvalue weighted by Gasteiger charge is -2.12. The van der Waals surface area contributed by atoms with Crippen molar-refractivity contribution < 1.29 is 4.79 Å². The van der Waals surface area contributed by atoms with Gasteiger partial charge in [0.2, 0.25) is 5.91 Å². The van der Waals surface area contributed by atoms with Gasteiger partial charge in [-0.05, 0) is 31.9 Å². The van der Waals surface area contributed by atoms with Crippen LogP contribution in [0.1, 0.15) is 34.3 Å². The second kappa shape index (κ2) is 5.95. The highest BCUT2D eigenvalue weighted by molar-refractivity contribution is 7.13. The summed E-state index contributed by atoms with van der Waals surface area (Å²) in [7, 11) is 0. The van der Waals surface area contributed by atoms with Gasteiger partial charge in [0, 0.05) is 6.54 Å². The second-order valence-corrected chi connectivity index (χ2v) is 6.40. The molecule has 7 heteroatoms. The third-order valence-electron chi connectivity index (χ3n) is 3.75. The molecule has 1 aliphatic heterocycles. The summed E-state index contributed by atoms with van der Waals surface area (Å²) in [6, 6.07) is 0.126. The van der Waals surface area contributed by atoms with Crippen molar-refractivity contribution >= 4 is 29.2 Å². The predicted molar refractivity (Wildman–Crippen MR) is 84.3 cm³/mol. The molecule has 1 aromatic rings. The minimum Gasteiger partial charge on any atom is -0.386 e. The van der Waals surface area contributed by atoms with Crippen molar-refractivity contribution in [1.29, 1.82) is 0 Å². The number of thiazole rings is 1. The first-order valence-electron chi connectivity index (χ1n) is 7.14. The van der Waals surface area contributed by atoms with Gasteiger partial charge in [-0.1, -0.05) is 6.08 Å². The van der Waals surface area contributed by atoms with E-state index in [0.29, 0.717) is 5.01 Å². The van der Waals surface area contributed by atoms with E-state index in [9.17, 15) is 4.79 Å². The fourth-order valence-electron chi connectivity index (χ4n) is 2.65. The van der Waals surface area contributed by atoms with Crippen molar-refractivity contribution in [2.75, 3.05) is 13.1 Å². The van der Waals surface area contributed by atoms with Crippen LogP contribution in [0.4, 0.5) is 0 Å². The molecule has 6 nitrogen and oxygen atoms in total. The average molecular weight is 305 g/mol. The van der Waals surface area contributed by atoms with Crippen molar-refractivity contribution in [1.82, 2.24) is 10.3 Å². The zero-order chi connectivity index (χ0) is 14.8. The Morgan fingerprint density at radius 3 is 3.05 bits per heavy atom. The van der Waals surface area contributed by atoms with Crippen LogP contribution < -0.4 is 16.8 Å². The summed E-state index contributed by atoms with van der Waals surface area (Å²) in [5.41, 5.74) is 12.6. The van der Waals surface area contributed by atoms with Gasteiger partial charge >= 0.3 is 0 Å². The molecule has 21 heavy (non-hydrogen) atoms. The second-order valence-electron chi connectivity index (χ2n) is 5.34. The lowest BCUT2D eigenvalue weighted by molar-refractivity contribution is -0.118. The molecule has 0 spiro atoms. The minimum absolute atomic E-state index is 0.126. The van der Waals surface area contributed by atoms with Gasteiger partial charge in [-0.15, -0.1) is 11.3 Å². The molecule has 5 N–H and O–H groups in total. The summed E-state index contributed by atoms with van der Waals surface area (Å²) < 4.78 is 0. The lowest BCUT2D eigenvalue weighted by Crippen LogP contribution is -2.34. The predicted octanol–water partition coefficient (Wildman–Crippen LogP) is 0.391. The number of nitrogens with zero attached hydrogens (tertiary/aromatic N) is 2. The van der Waals surface area contributed by atoms with E-state index in [4.69, 9.17) is 11.5 Å². The summed E-state index contributed by atoms with van der Waals surface area (Å²) in [5, 5.41) is 3.88. The number of primary amides is 1. The number of carbonyl (C=O) groups is 1. The quantitative estimate of drug-likeness (QED) is 0.552. The standard InChI is InChI=1S/C14H19N5OS/c15-12(18-8-5-6-17-7-8)11(13(16)20)14-19-9-3-1-2-4-10(9)21-14/h2,4,8,11,17H,1,3,5-7H2,(H2,15,18)(H2,16,20). The number of aliphatic imine (C=N–C) groups is 1. The van der Waals surface area contributed by atoms with E-state index in [1.165, 1.54) is 11.3 Å². The third-order valence-corrected chi connectivity index (χ3v) is 4.88. The van der Waals surface area contributed by atoms with Gasteiger partial charge < -0.3 is 16.8 Å². The van der Waals surface area contributed by atoms with Crippen molar-refractivity contribution in [3.8, 4) is 0 Å². The van der Waals surface area contributed by atoms with Gasteiger partial charge in [0.05, 0.1) is 16.6 Å². The first-order chi connectivity index (χ1) is 10.1. The van der Waals surface area contributed by atoms with E-state index >= 15 is 0 Å². The summed E-state index contributed by atoms with van der Waals surface area (Å²) in [5.74, 6) is -0.918. The molecule has 0 saturated carbocycles. The Bertz CT molecular complexity index is 601. The molecule has 2 unspecified atom stereocenters. The molecule has 0 bridgehead atoms. The number of amidine groups is 1. The number of hydrogen-bond donors (Lipinski definition) is 3. The monoisotopic (exact) mass is 305 g/mol. The molecule has 0 radical (unpaired) electrons. The molecule has 2 heterocycles. The van der Waals surface area contributed by atoms with E-state index in [2.05, 4.69) is 21.4 Å². The van der Waals surface area contributed by atoms with Gasteiger partial charge in [-0.25, -0.2) is 4.98 Å². The molecule has 3 rings (SSSR count). The van der Waals surface area contributed by atoms with Crippen LogP contribution in [0.3, 0.4) is 0 Å². The van der Waals surface area contributed by atoms with Crippen LogP contribution in [0.5, 0.6) is 0 Å². The highest BCUT2D eigenvalue weighted by Gasteiger charge is 2.28. The van der Waals surface area contributed by atoms with Gasteiger partial charge in [0.25, 0.3) is 0 Å². The Balaban J connectivity index is 1.88. The molecule has 1 aliphatic carbocycles. The number of aryl methyl sites for hydroxylation is 1. The fourth-order valence-corrected chi connectivity index (χ4v) is 3.82. The molecular weight excluding hydrogens is 286 g/mol. The van der Waals surface area contributed by atoms with E-state index in [1.807, 2.05) is 6.08 Å². The Labute approximate surface area is 127 Å². The topological polar surface area (TPSA) is 106 Å². The normalized spacial score (nSPS) is 23.0. The molecule has 112 valence electrons. The van der Waals surface area contributed by atoms with Crippen LogP contribution >= 0.6 is 11.3 Å². The Morgan fingerprint density at radius 2 is 2.38 bits per heavy atom. The lowest BCUT2D eigenvalue weighted by atomic mass is 10.1. The summed E-state index contributed by atoms with van der Waals surface area (Å²) in [6.07, 6.45) is 6.98. The zero-order valence-electron chi connectivity index (χ0n) is 11.7. The Morgan fingerprint density at radius 1 is 1.52 bits per heavy atom. The van der Waals surface area contributed by atoms with Crippen LogP contribution in [0, 0.1) is 0 Å². The van der Waals surface area contributed by atoms with Crippen LogP contribution in [-0.2, 0) is 11.2 Å². The fraction of sp³-hybridized carbons (Fsp3) is 0.500. The number of fused-ring (bicyclic) bond motifs is 1. The number of rotatable bonds is 4. The third kappa shape index (κ3) is 2.98. The van der Waals surface area contributed by atoms with Crippen molar-refractivity contribution in [3.63, 3.8) is 0 Å². The first kappa shape index (κ1) is 14.2. The molecule has 1 fully saturated rings. The van der Waals surface area contributed by atoms with Crippen molar-refractivity contribution in [2.24, 2.45) is 16.5 Å². The number of allylic oxidation sites excluding steroid dienone is 1. The molecule has 0 aromatic carbocycles. The number of hydrogen-bond acceptors (Lipinski definition) is 5. The summed E-state index contributed by atoms with van der Waals surface area (Å²) in [4.78, 5) is 21.9. The molecule has 1 amide bonds. The van der Waals surface area contributed by atoms with Gasteiger partial charge in [0.15, 0.2) is 0 Å². The average Bonchev–Trinajstić information content (AvgIpc) is 3.06. The van der Waals surface area contributed by atoms with Gasteiger partial charge in [0.1, 0.15) is 16.8 Å². The van der Waals surface area contributed by atoms with Gasteiger partial charge in [-0.2, -0.15) is 0 Å². The largest absolute Gasteiger partial charge is 0.386 e. The Hall–Kier alpha value is -1.73. The zero-order valence-corrected chi connectivity index (χ0v) is 12.5. The van der Waals surface area contributed by atoms with Gasteiger partial charge in [-0.3, -0.25) is 9.79 Å². The molecule has 1 saturated heterocycles. The van der Waals surface area contributed by atoms with Crippen molar-refractivity contribution in [2.45, 2.75) is 31.2 Å². The van der Waals surface area contributed by atoms with Crippen LogP contribution in [0.2, 0.25) is 0 Å². The van der Waals surface area contributed by atoms with Crippen LogP contribution in [-0.4, -0.2) is 35.9 Å². The van der Waals surface area contributed by atoms with Crippen LogP contribution in [0.15, 0.2) is 11.1 Å². The summed E-state index contributed by atoms with van der Waals surface area (Å²) >= 11 is 1.48. The highest BCUT2D eigenvalue weighted by atomic mass is 32.1. The summed E-state index contributed by atoms with van der Waals surface area (Å²) in [6.45, 7) is 1.72. The maximum atomic E-state index is 11.8. The van der Waals surface area contributed by atoms with Crippen LogP contribution in [0.25, 0.3) is 6.08 Å². The maximum absolute atomic E-state index is 11.8. The molecule has 1 aromatic heterocycles. The van der Waals surface area contributed by atoms with E-state index < -0.39 is 11.8 Å². The number of amides is 1. The SMILES string of the molecule is NC(=O)C(C(N)=NC1CCNC1)c1nc2c(s1)C=CCC2. The first-order valence-corrected chi connectivity index (χ1v) is 7.96. The van der Waals surface area contributed by atoms with Crippen molar-refractivity contribution in [3.05, 3.63) is 21.7 Å². The number of carbonyl (C=O) groups excluding carboxylic acids is 1. The van der Waals surface area contributed by atoms with E-state index in [1.54, 1.807) is 0 Å². The minimum atomic E-state index is -0.713. The molecule has 2 atom stereocenters.